The molecule has 2 aromatic carbocycles. The van der Waals surface area contributed by atoms with E-state index in [0.29, 0.717) is 0 Å². The molecule has 0 atom stereocenters. The van der Waals surface area contributed by atoms with E-state index in [1.165, 1.54) is 55.0 Å². The van der Waals surface area contributed by atoms with Gasteiger partial charge in [-0.05, 0) is 30.5 Å². The van der Waals surface area contributed by atoms with Crippen LogP contribution < -0.4 is 0 Å². The highest BCUT2D eigenvalue weighted by Crippen LogP contribution is 2.22. The number of unbranched alkanes of at least 4 members (excludes halogenated alkanes) is 4. The van der Waals surface area contributed by atoms with E-state index >= 15 is 0 Å². The van der Waals surface area contributed by atoms with Gasteiger partial charge in [-0.15, -0.1) is 0 Å². The van der Waals surface area contributed by atoms with Crippen LogP contribution in [0.2, 0.25) is 0 Å². The van der Waals surface area contributed by atoms with Gasteiger partial charge in [-0.1, -0.05) is 81.1 Å². The Kier molecular flexibility index (Phi) is 5.42. The summed E-state index contributed by atoms with van der Waals surface area (Å²) in [5, 5.41) is 1.19. The highest BCUT2D eigenvalue weighted by Gasteiger charge is 2.02. The van der Waals surface area contributed by atoms with Gasteiger partial charge in [0.05, 0.1) is 11.2 Å². The Morgan fingerprint density at radius 1 is 0.739 bits per heavy atom. The predicted octanol–water partition coefficient (Wildman–Crippen LogP) is 6.41. The summed E-state index contributed by atoms with van der Waals surface area (Å²) in [7, 11) is 0. The lowest BCUT2D eigenvalue weighted by Crippen LogP contribution is -1.88. The van der Waals surface area contributed by atoms with Crippen molar-refractivity contribution in [2.75, 3.05) is 0 Å². The van der Waals surface area contributed by atoms with Crippen LogP contribution in [0, 0.1) is 0 Å². The third-order valence-electron chi connectivity index (χ3n) is 4.42. The number of nitrogens with zero attached hydrogens (tertiary/aromatic N) is 1. The van der Waals surface area contributed by atoms with Crippen molar-refractivity contribution in [3.05, 3.63) is 66.2 Å². The molecule has 1 aromatic heterocycles. The maximum Gasteiger partial charge on any atom is 0.0709 e. The van der Waals surface area contributed by atoms with Crippen LogP contribution >= 0.6 is 0 Å². The summed E-state index contributed by atoms with van der Waals surface area (Å²) in [5.74, 6) is 0. The van der Waals surface area contributed by atoms with Crippen molar-refractivity contribution in [3.8, 4) is 11.3 Å². The molecule has 0 amide bonds. The van der Waals surface area contributed by atoms with Crippen LogP contribution in [-0.4, -0.2) is 4.98 Å². The van der Waals surface area contributed by atoms with Crippen molar-refractivity contribution in [2.24, 2.45) is 0 Å². The van der Waals surface area contributed by atoms with Gasteiger partial charge in [-0.2, -0.15) is 0 Å². The van der Waals surface area contributed by atoms with Crippen molar-refractivity contribution in [1.82, 2.24) is 4.98 Å². The predicted molar refractivity (Wildman–Crippen MR) is 99.6 cm³/mol. The third-order valence-corrected chi connectivity index (χ3v) is 4.42. The van der Waals surface area contributed by atoms with Crippen LogP contribution in [0.15, 0.2) is 60.7 Å². The summed E-state index contributed by atoms with van der Waals surface area (Å²) >= 11 is 0. The first-order chi connectivity index (χ1) is 11.4. The number of hydrogen-bond acceptors (Lipinski definition) is 1. The number of rotatable bonds is 7. The van der Waals surface area contributed by atoms with E-state index in [-0.39, 0.29) is 0 Å². The molecule has 0 aliphatic heterocycles. The highest BCUT2D eigenvalue weighted by molar-refractivity contribution is 5.81. The number of hydrogen-bond donors (Lipinski definition) is 0. The molecule has 0 unspecified atom stereocenters. The number of fused-ring (bicyclic) bond motifs is 1. The molecule has 0 bridgehead atoms. The van der Waals surface area contributed by atoms with Crippen molar-refractivity contribution in [2.45, 2.75) is 45.4 Å². The second kappa shape index (κ2) is 7.92. The summed E-state index contributed by atoms with van der Waals surface area (Å²) in [6.07, 6.45) is 7.89. The van der Waals surface area contributed by atoms with Gasteiger partial charge in [0.15, 0.2) is 0 Å². The molecule has 0 saturated heterocycles. The van der Waals surface area contributed by atoms with Gasteiger partial charge in [0, 0.05) is 10.9 Å². The lowest BCUT2D eigenvalue weighted by Gasteiger charge is -2.06. The first-order valence-corrected chi connectivity index (χ1v) is 8.82. The Labute approximate surface area is 139 Å². The summed E-state index contributed by atoms with van der Waals surface area (Å²) in [6.45, 7) is 2.26. The fourth-order valence-electron chi connectivity index (χ4n) is 3.00. The van der Waals surface area contributed by atoms with Gasteiger partial charge in [0.1, 0.15) is 0 Å². The fourth-order valence-corrected chi connectivity index (χ4v) is 3.00. The van der Waals surface area contributed by atoms with Crippen molar-refractivity contribution < 1.29 is 0 Å². The molecule has 1 heteroatoms. The molecule has 0 radical (unpaired) electrons. The Morgan fingerprint density at radius 3 is 2.35 bits per heavy atom. The van der Waals surface area contributed by atoms with E-state index < -0.39 is 0 Å². The molecule has 3 aromatic rings. The molecule has 0 N–H and O–H groups in total. The molecule has 0 aliphatic rings. The summed E-state index contributed by atoms with van der Waals surface area (Å²) in [4.78, 5) is 4.77. The van der Waals surface area contributed by atoms with E-state index in [4.69, 9.17) is 4.98 Å². The van der Waals surface area contributed by atoms with E-state index in [1.54, 1.807) is 0 Å². The smallest absolute Gasteiger partial charge is 0.0709 e. The van der Waals surface area contributed by atoms with Gasteiger partial charge in [0.25, 0.3) is 0 Å². The lowest BCUT2D eigenvalue weighted by atomic mass is 10.0. The first kappa shape index (κ1) is 15.7. The zero-order valence-electron chi connectivity index (χ0n) is 14.0. The van der Waals surface area contributed by atoms with E-state index in [0.717, 1.165) is 11.2 Å². The highest BCUT2D eigenvalue weighted by atomic mass is 14.7. The van der Waals surface area contributed by atoms with Crippen molar-refractivity contribution in [1.29, 1.82) is 0 Å². The molecule has 0 spiro atoms. The van der Waals surface area contributed by atoms with Crippen LogP contribution in [0.25, 0.3) is 22.2 Å². The molecule has 23 heavy (non-hydrogen) atoms. The molecular formula is C22H25N. The fraction of sp³-hybridized carbons (Fsp3) is 0.318. The van der Waals surface area contributed by atoms with Crippen LogP contribution in [0.1, 0.15) is 44.6 Å². The summed E-state index contributed by atoms with van der Waals surface area (Å²) < 4.78 is 0. The molecule has 0 saturated carbocycles. The maximum absolute atomic E-state index is 4.77. The molecule has 1 nitrogen and oxygen atoms in total. The minimum atomic E-state index is 1.05. The van der Waals surface area contributed by atoms with Gasteiger partial charge in [-0.3, -0.25) is 0 Å². The Morgan fingerprint density at radius 2 is 1.52 bits per heavy atom. The van der Waals surface area contributed by atoms with E-state index in [1.807, 2.05) is 6.07 Å². The van der Waals surface area contributed by atoms with Crippen LogP contribution in [0.3, 0.4) is 0 Å². The third kappa shape index (κ3) is 4.19. The monoisotopic (exact) mass is 303 g/mol. The number of para-hydroxylation sites is 1. The summed E-state index contributed by atoms with van der Waals surface area (Å²) in [5.41, 5.74) is 4.75. The molecule has 0 fully saturated rings. The first-order valence-electron chi connectivity index (χ1n) is 8.82. The zero-order valence-corrected chi connectivity index (χ0v) is 14.0. The SMILES string of the molecule is CCCCCCCc1ccc(-c2ccc3ccccc3n2)cc1. The minimum Gasteiger partial charge on any atom is -0.248 e. The van der Waals surface area contributed by atoms with E-state index in [9.17, 15) is 0 Å². The summed E-state index contributed by atoms with van der Waals surface area (Å²) in [6, 6.07) is 21.5. The number of pyridine rings is 1. The maximum atomic E-state index is 4.77. The largest absolute Gasteiger partial charge is 0.248 e. The quantitative estimate of drug-likeness (QED) is 0.459. The number of aromatic nitrogens is 1. The second-order valence-electron chi connectivity index (χ2n) is 6.25. The van der Waals surface area contributed by atoms with Gasteiger partial charge >= 0.3 is 0 Å². The lowest BCUT2D eigenvalue weighted by molar-refractivity contribution is 0.632. The normalized spacial score (nSPS) is 11.0. The molecule has 3 rings (SSSR count). The second-order valence-corrected chi connectivity index (χ2v) is 6.25. The van der Waals surface area contributed by atoms with Gasteiger partial charge in [0.2, 0.25) is 0 Å². The number of aryl methyl sites for hydroxylation is 1. The standard InChI is InChI=1S/C22H25N/c1-2-3-4-5-6-9-18-12-14-20(15-13-18)22-17-16-19-10-7-8-11-21(19)23-22/h7-8,10-17H,2-6,9H2,1H3. The molecule has 0 aliphatic carbocycles. The Bertz CT molecular complexity index is 743. The van der Waals surface area contributed by atoms with Crippen molar-refractivity contribution >= 4 is 10.9 Å². The van der Waals surface area contributed by atoms with Crippen LogP contribution in [0.5, 0.6) is 0 Å². The Hall–Kier alpha value is -2.15. The van der Waals surface area contributed by atoms with Crippen LogP contribution in [-0.2, 0) is 6.42 Å². The van der Waals surface area contributed by atoms with Gasteiger partial charge in [-0.25, -0.2) is 4.98 Å². The Balaban J connectivity index is 1.66. The van der Waals surface area contributed by atoms with E-state index in [2.05, 4.69) is 61.5 Å². The minimum absolute atomic E-state index is 1.05. The topological polar surface area (TPSA) is 12.9 Å². The number of benzene rings is 2. The van der Waals surface area contributed by atoms with Crippen LogP contribution in [0.4, 0.5) is 0 Å². The average Bonchev–Trinajstić information content (AvgIpc) is 2.62. The molecule has 118 valence electrons. The van der Waals surface area contributed by atoms with Crippen molar-refractivity contribution in [3.63, 3.8) is 0 Å². The zero-order chi connectivity index (χ0) is 15.9. The van der Waals surface area contributed by atoms with Gasteiger partial charge < -0.3 is 0 Å². The average molecular weight is 303 g/mol. The molecule has 1 heterocycles. The molecular weight excluding hydrogens is 278 g/mol.